The number of benzene rings is 1. The molecular formula is C9H7NO3. The molecule has 0 atom stereocenters. The zero-order valence-electron chi connectivity index (χ0n) is 6.73. The second kappa shape index (κ2) is 2.90. The highest BCUT2D eigenvalue weighted by Gasteiger charge is 2.22. The van der Waals surface area contributed by atoms with E-state index in [4.69, 9.17) is 9.94 Å². The van der Waals surface area contributed by atoms with Crippen molar-refractivity contribution in [1.82, 2.24) is 0 Å². The van der Waals surface area contributed by atoms with Crippen molar-refractivity contribution in [3.63, 3.8) is 0 Å². The molecule has 1 aromatic carbocycles. The van der Waals surface area contributed by atoms with E-state index in [1.807, 2.05) is 0 Å². The molecule has 0 aromatic heterocycles. The highest BCUT2D eigenvalue weighted by molar-refractivity contribution is 6.13. The summed E-state index contributed by atoms with van der Waals surface area (Å²) in [6.45, 7) is 0. The normalized spacial score (nSPS) is 18.2. The Morgan fingerprint density at radius 2 is 2.15 bits per heavy atom. The molecule has 0 aliphatic carbocycles. The topological polar surface area (TPSA) is 58.9 Å². The van der Waals surface area contributed by atoms with Crippen molar-refractivity contribution in [2.24, 2.45) is 5.16 Å². The van der Waals surface area contributed by atoms with Crippen molar-refractivity contribution in [1.29, 1.82) is 0 Å². The largest absolute Gasteiger partial charge is 0.426 e. The van der Waals surface area contributed by atoms with Crippen LogP contribution in [0.25, 0.3) is 0 Å². The molecule has 0 saturated carbocycles. The van der Waals surface area contributed by atoms with E-state index < -0.39 is 5.97 Å². The summed E-state index contributed by atoms with van der Waals surface area (Å²) >= 11 is 0. The lowest BCUT2D eigenvalue weighted by molar-refractivity contribution is -0.133. The minimum atomic E-state index is -0.397. The van der Waals surface area contributed by atoms with Crippen molar-refractivity contribution in [2.45, 2.75) is 6.42 Å². The lowest BCUT2D eigenvalue weighted by atomic mass is 10.0. The van der Waals surface area contributed by atoms with Gasteiger partial charge in [0.1, 0.15) is 11.5 Å². The second-order valence-corrected chi connectivity index (χ2v) is 2.69. The van der Waals surface area contributed by atoms with E-state index in [1.165, 1.54) is 0 Å². The van der Waals surface area contributed by atoms with Gasteiger partial charge in [-0.25, -0.2) is 0 Å². The third-order valence-electron chi connectivity index (χ3n) is 1.85. The standard InChI is InChI=1S/C9H7NO3/c11-9-5-7(10-12)6-3-1-2-4-8(6)13-9/h1-4,12H,5H2. The minimum absolute atomic E-state index is 0.0213. The fourth-order valence-electron chi connectivity index (χ4n) is 1.27. The molecule has 0 saturated heterocycles. The van der Waals surface area contributed by atoms with Crippen LogP contribution in [0.2, 0.25) is 0 Å². The molecule has 0 bridgehead atoms. The van der Waals surface area contributed by atoms with E-state index >= 15 is 0 Å². The van der Waals surface area contributed by atoms with Gasteiger partial charge in [-0.2, -0.15) is 0 Å². The predicted octanol–water partition coefficient (Wildman–Crippen LogP) is 1.17. The van der Waals surface area contributed by atoms with Gasteiger partial charge in [0.15, 0.2) is 0 Å². The smallest absolute Gasteiger partial charge is 0.317 e. The number of fused-ring (bicyclic) bond motifs is 1. The van der Waals surface area contributed by atoms with Gasteiger partial charge in [-0.05, 0) is 12.1 Å². The van der Waals surface area contributed by atoms with Gasteiger partial charge in [-0.3, -0.25) is 4.79 Å². The zero-order chi connectivity index (χ0) is 9.26. The first-order valence-electron chi connectivity index (χ1n) is 3.82. The summed E-state index contributed by atoms with van der Waals surface area (Å²) < 4.78 is 4.93. The van der Waals surface area contributed by atoms with Gasteiger partial charge < -0.3 is 9.94 Å². The molecule has 4 nitrogen and oxygen atoms in total. The third-order valence-corrected chi connectivity index (χ3v) is 1.85. The number of carbonyl (C=O) groups excluding carboxylic acids is 1. The monoisotopic (exact) mass is 177 g/mol. The van der Waals surface area contributed by atoms with Crippen LogP contribution in [0, 0.1) is 0 Å². The molecule has 2 rings (SSSR count). The van der Waals surface area contributed by atoms with E-state index in [0.29, 0.717) is 17.0 Å². The van der Waals surface area contributed by atoms with E-state index in [-0.39, 0.29) is 6.42 Å². The summed E-state index contributed by atoms with van der Waals surface area (Å²) in [6, 6.07) is 6.96. The molecule has 1 aliphatic heterocycles. The third kappa shape index (κ3) is 1.26. The Kier molecular flexibility index (Phi) is 1.73. The minimum Gasteiger partial charge on any atom is -0.426 e. The van der Waals surface area contributed by atoms with E-state index in [9.17, 15) is 4.79 Å². The maximum Gasteiger partial charge on any atom is 0.317 e. The highest BCUT2D eigenvalue weighted by Crippen LogP contribution is 2.24. The predicted molar refractivity (Wildman–Crippen MR) is 45.0 cm³/mol. The van der Waals surface area contributed by atoms with Crippen LogP contribution in [-0.2, 0) is 4.79 Å². The molecule has 1 heterocycles. The quantitative estimate of drug-likeness (QED) is 0.280. The van der Waals surface area contributed by atoms with Crippen LogP contribution in [0.5, 0.6) is 5.75 Å². The molecule has 0 radical (unpaired) electrons. The molecule has 0 unspecified atom stereocenters. The summed E-state index contributed by atoms with van der Waals surface area (Å²) in [7, 11) is 0. The Bertz CT molecular complexity index is 384. The van der Waals surface area contributed by atoms with Gasteiger partial charge >= 0.3 is 5.97 Å². The summed E-state index contributed by atoms with van der Waals surface area (Å²) in [5.74, 6) is 0.0538. The number of rotatable bonds is 0. The molecule has 0 spiro atoms. The molecule has 66 valence electrons. The summed E-state index contributed by atoms with van der Waals surface area (Å²) in [5, 5.41) is 11.7. The molecule has 0 fully saturated rings. The van der Waals surface area contributed by atoms with Crippen LogP contribution in [-0.4, -0.2) is 16.9 Å². The Morgan fingerprint density at radius 3 is 2.92 bits per heavy atom. The van der Waals surface area contributed by atoms with Gasteiger partial charge in [-0.1, -0.05) is 17.3 Å². The van der Waals surface area contributed by atoms with Crippen LogP contribution in [0.1, 0.15) is 12.0 Å². The molecular weight excluding hydrogens is 170 g/mol. The average molecular weight is 177 g/mol. The summed E-state index contributed by atoms with van der Waals surface area (Å²) in [4.78, 5) is 11.0. The molecule has 1 aliphatic rings. The average Bonchev–Trinajstić information content (AvgIpc) is 2.16. The fraction of sp³-hybridized carbons (Fsp3) is 0.111. The van der Waals surface area contributed by atoms with E-state index in [1.54, 1.807) is 24.3 Å². The van der Waals surface area contributed by atoms with Gasteiger partial charge in [-0.15, -0.1) is 0 Å². The number of carbonyl (C=O) groups is 1. The van der Waals surface area contributed by atoms with Crippen LogP contribution < -0.4 is 4.74 Å². The van der Waals surface area contributed by atoms with Crippen LogP contribution >= 0.6 is 0 Å². The lowest BCUT2D eigenvalue weighted by Crippen LogP contribution is -2.21. The van der Waals surface area contributed by atoms with Gasteiger partial charge in [0, 0.05) is 5.56 Å². The Labute approximate surface area is 74.4 Å². The van der Waals surface area contributed by atoms with Gasteiger partial charge in [0.05, 0.1) is 6.42 Å². The maximum atomic E-state index is 11.0. The van der Waals surface area contributed by atoms with Gasteiger partial charge in [0.25, 0.3) is 0 Å². The maximum absolute atomic E-state index is 11.0. The first-order chi connectivity index (χ1) is 6.31. The van der Waals surface area contributed by atoms with Crippen molar-refractivity contribution < 1.29 is 14.7 Å². The first-order valence-corrected chi connectivity index (χ1v) is 3.82. The van der Waals surface area contributed by atoms with Crippen LogP contribution in [0.15, 0.2) is 29.4 Å². The number of oxime groups is 1. The Balaban J connectivity index is 2.55. The SMILES string of the molecule is O=C1CC(=NO)c2ccccc2O1. The highest BCUT2D eigenvalue weighted by atomic mass is 16.5. The van der Waals surface area contributed by atoms with Crippen LogP contribution in [0.4, 0.5) is 0 Å². The van der Waals surface area contributed by atoms with E-state index in [2.05, 4.69) is 5.16 Å². The molecule has 0 amide bonds. The fourth-order valence-corrected chi connectivity index (χ4v) is 1.27. The molecule has 4 heteroatoms. The summed E-state index contributed by atoms with van der Waals surface area (Å²) in [6.07, 6.45) is 0.0213. The number of hydrogen-bond donors (Lipinski definition) is 1. The van der Waals surface area contributed by atoms with Gasteiger partial charge in [0.2, 0.25) is 0 Å². The zero-order valence-corrected chi connectivity index (χ0v) is 6.73. The molecule has 1 aromatic rings. The van der Waals surface area contributed by atoms with Crippen molar-refractivity contribution >= 4 is 11.7 Å². The van der Waals surface area contributed by atoms with Crippen molar-refractivity contribution in [3.8, 4) is 5.75 Å². The molecule has 13 heavy (non-hydrogen) atoms. The second-order valence-electron chi connectivity index (χ2n) is 2.69. The van der Waals surface area contributed by atoms with Crippen molar-refractivity contribution in [2.75, 3.05) is 0 Å². The summed E-state index contributed by atoms with van der Waals surface area (Å²) in [5.41, 5.74) is 1.02. The lowest BCUT2D eigenvalue weighted by Gasteiger charge is -2.15. The van der Waals surface area contributed by atoms with E-state index in [0.717, 1.165) is 0 Å². The number of nitrogens with zero attached hydrogens (tertiary/aromatic N) is 1. The number of ether oxygens (including phenoxy) is 1. The number of esters is 1. The first kappa shape index (κ1) is 7.79. The Hall–Kier alpha value is -1.84. The Morgan fingerprint density at radius 1 is 1.38 bits per heavy atom. The number of hydrogen-bond acceptors (Lipinski definition) is 4. The number of para-hydroxylation sites is 1. The molecule has 1 N–H and O–H groups in total. The van der Waals surface area contributed by atoms with Crippen molar-refractivity contribution in [3.05, 3.63) is 29.8 Å². The van der Waals surface area contributed by atoms with Crippen LogP contribution in [0.3, 0.4) is 0 Å².